The SMILES string of the molecule is Cc1ccn2c(-c3ccc(Nc4ccc([C@H]5CCOC5)c(CN(C)C)n4)c4c3CNC4=O)cnc2c1F. The number of hydrogen-bond donors (Lipinski definition) is 2. The van der Waals surface area contributed by atoms with Gasteiger partial charge in [0.15, 0.2) is 11.5 Å². The van der Waals surface area contributed by atoms with Gasteiger partial charge in [-0.2, -0.15) is 0 Å². The van der Waals surface area contributed by atoms with E-state index >= 15 is 0 Å². The summed E-state index contributed by atoms with van der Waals surface area (Å²) in [5, 5.41) is 6.33. The molecule has 2 N–H and O–H groups in total. The Hall–Kier alpha value is -3.82. The molecule has 3 aromatic heterocycles. The van der Waals surface area contributed by atoms with Crippen molar-refractivity contribution in [3.63, 3.8) is 0 Å². The molecular weight excluding hydrogens is 471 g/mol. The normalized spacial score (nSPS) is 17.0. The number of halogens is 1. The molecule has 0 saturated carbocycles. The fourth-order valence-corrected chi connectivity index (χ4v) is 5.30. The summed E-state index contributed by atoms with van der Waals surface area (Å²) >= 11 is 0. The average molecular weight is 501 g/mol. The van der Waals surface area contributed by atoms with Gasteiger partial charge in [-0.25, -0.2) is 14.4 Å². The summed E-state index contributed by atoms with van der Waals surface area (Å²) in [5.41, 5.74) is 6.72. The minimum absolute atomic E-state index is 0.150. The monoisotopic (exact) mass is 500 g/mol. The van der Waals surface area contributed by atoms with Crippen LogP contribution in [0.1, 0.15) is 45.1 Å². The van der Waals surface area contributed by atoms with E-state index in [1.807, 2.05) is 38.5 Å². The first-order valence-corrected chi connectivity index (χ1v) is 12.5. The van der Waals surface area contributed by atoms with Crippen LogP contribution in [0.15, 0.2) is 42.7 Å². The van der Waals surface area contributed by atoms with Gasteiger partial charge >= 0.3 is 0 Å². The average Bonchev–Trinajstić information content (AvgIpc) is 3.63. The number of amides is 1. The summed E-state index contributed by atoms with van der Waals surface area (Å²) in [6.07, 6.45) is 4.46. The molecule has 1 amide bonds. The highest BCUT2D eigenvalue weighted by atomic mass is 19.1. The second kappa shape index (κ2) is 9.24. The van der Waals surface area contributed by atoms with Gasteiger partial charge in [0.25, 0.3) is 5.91 Å². The lowest BCUT2D eigenvalue weighted by molar-refractivity contribution is 0.0966. The zero-order valence-electron chi connectivity index (χ0n) is 21.1. The molecule has 0 unspecified atom stereocenters. The maximum atomic E-state index is 14.6. The van der Waals surface area contributed by atoms with Crippen LogP contribution < -0.4 is 10.6 Å². The minimum atomic E-state index is -0.343. The predicted molar refractivity (Wildman–Crippen MR) is 140 cm³/mol. The number of anilines is 2. The number of aryl methyl sites for hydroxylation is 1. The van der Waals surface area contributed by atoms with Crippen LogP contribution in [-0.2, 0) is 17.8 Å². The van der Waals surface area contributed by atoms with Gasteiger partial charge in [0, 0.05) is 37.4 Å². The molecule has 2 aliphatic rings. The molecule has 0 bridgehead atoms. The predicted octanol–water partition coefficient (Wildman–Crippen LogP) is 4.40. The zero-order valence-corrected chi connectivity index (χ0v) is 21.1. The minimum Gasteiger partial charge on any atom is -0.381 e. The van der Waals surface area contributed by atoms with Crippen molar-refractivity contribution >= 4 is 23.1 Å². The lowest BCUT2D eigenvalue weighted by Gasteiger charge is -2.19. The Labute approximate surface area is 214 Å². The van der Waals surface area contributed by atoms with Gasteiger partial charge in [0.05, 0.1) is 35.4 Å². The molecule has 9 heteroatoms. The number of rotatable bonds is 6. The van der Waals surface area contributed by atoms with Gasteiger partial charge < -0.3 is 20.3 Å². The summed E-state index contributed by atoms with van der Waals surface area (Å²) in [6.45, 7) is 4.31. The Kier molecular flexibility index (Phi) is 5.89. The number of ether oxygens (including phenoxy) is 1. The molecular formula is C28H29FN6O2. The summed E-state index contributed by atoms with van der Waals surface area (Å²) < 4.78 is 22.0. The molecule has 190 valence electrons. The molecule has 8 nitrogen and oxygen atoms in total. The quantitative estimate of drug-likeness (QED) is 0.409. The van der Waals surface area contributed by atoms with Crippen LogP contribution in [0.4, 0.5) is 15.9 Å². The van der Waals surface area contributed by atoms with Crippen LogP contribution >= 0.6 is 0 Å². The number of carbonyl (C=O) groups excluding carboxylic acids is 1. The van der Waals surface area contributed by atoms with Crippen LogP contribution in [-0.4, -0.2) is 52.5 Å². The fourth-order valence-electron chi connectivity index (χ4n) is 5.30. The lowest BCUT2D eigenvalue weighted by Crippen LogP contribution is -2.16. The molecule has 1 fully saturated rings. The Balaban J connectivity index is 1.39. The number of pyridine rings is 2. The molecule has 5 heterocycles. The van der Waals surface area contributed by atoms with E-state index in [-0.39, 0.29) is 17.4 Å². The second-order valence-corrected chi connectivity index (χ2v) is 10.0. The van der Waals surface area contributed by atoms with E-state index in [9.17, 15) is 9.18 Å². The molecule has 1 atom stereocenters. The topological polar surface area (TPSA) is 83.8 Å². The first-order valence-electron chi connectivity index (χ1n) is 12.5. The third kappa shape index (κ3) is 4.14. The van der Waals surface area contributed by atoms with Crippen molar-refractivity contribution in [2.45, 2.75) is 32.4 Å². The molecule has 4 aromatic rings. The van der Waals surface area contributed by atoms with E-state index in [1.54, 1.807) is 23.6 Å². The number of benzene rings is 1. The molecule has 1 saturated heterocycles. The number of carbonyl (C=O) groups is 1. The Bertz CT molecular complexity index is 1520. The fraction of sp³-hybridized carbons (Fsp3) is 0.321. The van der Waals surface area contributed by atoms with Crippen LogP contribution in [0.3, 0.4) is 0 Å². The molecule has 6 rings (SSSR count). The number of nitrogens with zero attached hydrogens (tertiary/aromatic N) is 4. The Morgan fingerprint density at radius 3 is 2.89 bits per heavy atom. The third-order valence-corrected chi connectivity index (χ3v) is 7.16. The first-order chi connectivity index (χ1) is 17.9. The van der Waals surface area contributed by atoms with Crippen LogP contribution in [0.2, 0.25) is 0 Å². The molecule has 0 aliphatic carbocycles. The smallest absolute Gasteiger partial charge is 0.254 e. The van der Waals surface area contributed by atoms with Gasteiger partial charge in [-0.3, -0.25) is 9.20 Å². The number of imidazole rings is 1. The Morgan fingerprint density at radius 2 is 2.11 bits per heavy atom. The highest BCUT2D eigenvalue weighted by molar-refractivity contribution is 6.06. The number of aromatic nitrogens is 3. The van der Waals surface area contributed by atoms with E-state index in [4.69, 9.17) is 9.72 Å². The first kappa shape index (κ1) is 23.6. The highest BCUT2D eigenvalue weighted by Crippen LogP contribution is 2.36. The van der Waals surface area contributed by atoms with Gasteiger partial charge in [-0.15, -0.1) is 0 Å². The van der Waals surface area contributed by atoms with E-state index < -0.39 is 0 Å². The van der Waals surface area contributed by atoms with E-state index in [1.165, 1.54) is 5.56 Å². The van der Waals surface area contributed by atoms with Crippen molar-refractivity contribution in [3.05, 3.63) is 76.5 Å². The third-order valence-electron chi connectivity index (χ3n) is 7.16. The van der Waals surface area contributed by atoms with E-state index in [0.717, 1.165) is 42.1 Å². The molecule has 1 aromatic carbocycles. The van der Waals surface area contributed by atoms with Crippen molar-refractivity contribution in [2.75, 3.05) is 32.6 Å². The van der Waals surface area contributed by atoms with Crippen molar-refractivity contribution in [1.82, 2.24) is 24.6 Å². The molecule has 2 aliphatic heterocycles. The zero-order chi connectivity index (χ0) is 25.7. The molecule has 0 spiro atoms. The summed E-state index contributed by atoms with van der Waals surface area (Å²) in [7, 11) is 4.06. The van der Waals surface area contributed by atoms with Crippen LogP contribution in [0.25, 0.3) is 16.9 Å². The van der Waals surface area contributed by atoms with Crippen molar-refractivity contribution in [2.24, 2.45) is 0 Å². The lowest BCUT2D eigenvalue weighted by atomic mass is 9.96. The van der Waals surface area contributed by atoms with Gasteiger partial charge in [-0.05, 0) is 62.3 Å². The van der Waals surface area contributed by atoms with Crippen molar-refractivity contribution in [3.8, 4) is 11.3 Å². The van der Waals surface area contributed by atoms with E-state index in [2.05, 4.69) is 26.6 Å². The summed E-state index contributed by atoms with van der Waals surface area (Å²) in [5.74, 6) is 0.542. The maximum Gasteiger partial charge on any atom is 0.254 e. The largest absolute Gasteiger partial charge is 0.381 e. The Morgan fingerprint density at radius 1 is 1.24 bits per heavy atom. The maximum absolute atomic E-state index is 14.6. The summed E-state index contributed by atoms with van der Waals surface area (Å²) in [4.78, 5) is 24.3. The standard InChI is InChI=1S/C28H29FN6O2/c1-16-8-10-35-23(13-30-27(35)26(16)29)19-4-6-21(25-20(19)12-31-28(25)36)32-24-7-5-18(17-9-11-37-15-17)22(33-24)14-34(2)3/h4-8,10,13,17H,9,11-12,14-15H2,1-3H3,(H,31,36)(H,32,33)/t17-/m0/s1. The summed E-state index contributed by atoms with van der Waals surface area (Å²) in [6, 6.07) is 9.65. The van der Waals surface area contributed by atoms with E-state index in [0.29, 0.717) is 41.6 Å². The second-order valence-electron chi connectivity index (χ2n) is 10.0. The van der Waals surface area contributed by atoms with Gasteiger partial charge in [0.1, 0.15) is 5.82 Å². The highest BCUT2D eigenvalue weighted by Gasteiger charge is 2.28. The van der Waals surface area contributed by atoms with Crippen LogP contribution in [0, 0.1) is 12.7 Å². The van der Waals surface area contributed by atoms with Gasteiger partial charge in [-0.1, -0.05) is 12.1 Å². The number of nitrogens with one attached hydrogen (secondary N) is 2. The molecule has 37 heavy (non-hydrogen) atoms. The van der Waals surface area contributed by atoms with Crippen molar-refractivity contribution < 1.29 is 13.9 Å². The number of hydrogen-bond acceptors (Lipinski definition) is 6. The number of fused-ring (bicyclic) bond motifs is 2. The van der Waals surface area contributed by atoms with Gasteiger partial charge in [0.2, 0.25) is 0 Å². The molecule has 0 radical (unpaired) electrons. The van der Waals surface area contributed by atoms with Crippen LogP contribution in [0.5, 0.6) is 0 Å². The van der Waals surface area contributed by atoms with Crippen molar-refractivity contribution in [1.29, 1.82) is 0 Å².